The van der Waals surface area contributed by atoms with Crippen LogP contribution in [0.25, 0.3) is 0 Å². The Morgan fingerprint density at radius 3 is 2.63 bits per heavy atom. The second kappa shape index (κ2) is 8.39. The number of aromatic nitrogens is 1. The van der Waals surface area contributed by atoms with Crippen molar-refractivity contribution in [2.45, 2.75) is 10.9 Å². The normalized spacial score (nSPS) is 17.0. The van der Waals surface area contributed by atoms with Crippen LogP contribution in [0, 0.1) is 5.82 Å². The van der Waals surface area contributed by atoms with E-state index in [9.17, 15) is 12.8 Å². The summed E-state index contributed by atoms with van der Waals surface area (Å²) in [5.41, 5.74) is 1.00. The van der Waals surface area contributed by atoms with Gasteiger partial charge >= 0.3 is 0 Å². The highest BCUT2D eigenvalue weighted by Gasteiger charge is 2.27. The predicted molar refractivity (Wildman–Crippen MR) is 98.7 cm³/mol. The maximum absolute atomic E-state index is 13.9. The summed E-state index contributed by atoms with van der Waals surface area (Å²) in [6.07, 6.45) is 1.93. The topological polar surface area (TPSA) is 72.8 Å². The van der Waals surface area contributed by atoms with E-state index in [0.717, 1.165) is 24.8 Å². The second-order valence-electron chi connectivity index (χ2n) is 6.36. The second-order valence-corrected chi connectivity index (χ2v) is 8.12. The molecule has 3 rings (SSSR count). The maximum atomic E-state index is 13.9. The van der Waals surface area contributed by atoms with Gasteiger partial charge in [-0.05, 0) is 30.3 Å². The fourth-order valence-corrected chi connectivity index (χ4v) is 4.27. The zero-order chi connectivity index (χ0) is 19.4. The first-order valence-electron chi connectivity index (χ1n) is 8.68. The van der Waals surface area contributed by atoms with Gasteiger partial charge in [0.25, 0.3) is 0 Å². The minimum atomic E-state index is -3.86. The number of nitrogens with zero attached hydrogens (tertiary/aromatic N) is 2. The number of morpholine rings is 1. The number of hydrogen-bond donors (Lipinski definition) is 1. The number of aryl methyl sites for hydroxylation is 1. The van der Waals surface area contributed by atoms with E-state index in [1.807, 2.05) is 29.9 Å². The van der Waals surface area contributed by atoms with Crippen LogP contribution in [0.15, 0.2) is 41.4 Å². The molecule has 1 fully saturated rings. The lowest BCUT2D eigenvalue weighted by Crippen LogP contribution is -2.44. The number of nitrogens with one attached hydrogen (secondary N) is 1. The highest BCUT2D eigenvalue weighted by Crippen LogP contribution is 2.24. The van der Waals surface area contributed by atoms with Crippen molar-refractivity contribution >= 4 is 10.0 Å². The maximum Gasteiger partial charge on any atom is 0.240 e. The Morgan fingerprint density at radius 1 is 1.30 bits per heavy atom. The monoisotopic (exact) mass is 397 g/mol. The number of methoxy groups -OCH3 is 1. The fraction of sp³-hybridized carbons (Fsp3) is 0.444. The minimum absolute atomic E-state index is 0.00366. The fourth-order valence-electron chi connectivity index (χ4n) is 3.22. The molecule has 7 nitrogen and oxygen atoms in total. The molecule has 148 valence electrons. The molecule has 1 aromatic carbocycles. The van der Waals surface area contributed by atoms with Gasteiger partial charge in [0.05, 0.1) is 31.3 Å². The molecule has 1 N–H and O–H groups in total. The van der Waals surface area contributed by atoms with Crippen LogP contribution in [0.2, 0.25) is 0 Å². The summed E-state index contributed by atoms with van der Waals surface area (Å²) in [6, 6.07) is 7.36. The minimum Gasteiger partial charge on any atom is -0.494 e. The van der Waals surface area contributed by atoms with Gasteiger partial charge in [0.15, 0.2) is 11.6 Å². The van der Waals surface area contributed by atoms with Crippen LogP contribution in [-0.4, -0.2) is 57.8 Å². The largest absolute Gasteiger partial charge is 0.494 e. The number of ether oxygens (including phenoxy) is 2. The van der Waals surface area contributed by atoms with E-state index in [4.69, 9.17) is 9.47 Å². The Kier molecular flexibility index (Phi) is 6.15. The molecular weight excluding hydrogens is 373 g/mol. The third-order valence-electron chi connectivity index (χ3n) is 4.71. The molecule has 1 atom stereocenters. The summed E-state index contributed by atoms with van der Waals surface area (Å²) in [4.78, 5) is 2.06. The zero-order valence-electron chi connectivity index (χ0n) is 15.4. The molecule has 2 heterocycles. The molecule has 1 aromatic heterocycles. The van der Waals surface area contributed by atoms with Gasteiger partial charge in [-0.3, -0.25) is 4.90 Å². The van der Waals surface area contributed by atoms with Crippen molar-refractivity contribution in [1.82, 2.24) is 14.2 Å². The molecule has 0 amide bonds. The average Bonchev–Trinajstić information content (AvgIpc) is 3.08. The van der Waals surface area contributed by atoms with Gasteiger partial charge in [0.2, 0.25) is 10.0 Å². The third-order valence-corrected chi connectivity index (χ3v) is 6.13. The van der Waals surface area contributed by atoms with E-state index in [1.165, 1.54) is 19.2 Å². The molecule has 0 bridgehead atoms. The Hall–Kier alpha value is -1.94. The van der Waals surface area contributed by atoms with Crippen molar-refractivity contribution in [2.24, 2.45) is 7.05 Å². The van der Waals surface area contributed by atoms with Crippen LogP contribution in [0.3, 0.4) is 0 Å². The summed E-state index contributed by atoms with van der Waals surface area (Å²) in [7, 11) is -0.600. The molecule has 0 spiro atoms. The molecule has 0 radical (unpaired) electrons. The van der Waals surface area contributed by atoms with Crippen LogP contribution in [0.5, 0.6) is 5.75 Å². The molecule has 0 aliphatic carbocycles. The zero-order valence-corrected chi connectivity index (χ0v) is 16.2. The van der Waals surface area contributed by atoms with E-state index < -0.39 is 15.8 Å². The Labute approximate surface area is 158 Å². The standard InChI is InChI=1S/C18H24FN3O4S/c1-21-7-3-4-16(21)17(22-8-10-26-11-9-22)13-20-27(23,24)14-5-6-18(25-2)15(19)12-14/h3-7,12,17,20H,8-11,13H2,1-2H3/t17-/m1/s1. The first-order valence-corrected chi connectivity index (χ1v) is 10.2. The van der Waals surface area contributed by atoms with Crippen LogP contribution in [0.4, 0.5) is 4.39 Å². The summed E-state index contributed by atoms with van der Waals surface area (Å²) >= 11 is 0. The van der Waals surface area contributed by atoms with E-state index in [1.54, 1.807) is 0 Å². The van der Waals surface area contributed by atoms with Crippen molar-refractivity contribution < 1.29 is 22.3 Å². The molecule has 0 saturated carbocycles. The highest BCUT2D eigenvalue weighted by atomic mass is 32.2. The van der Waals surface area contributed by atoms with E-state index in [0.29, 0.717) is 13.2 Å². The highest BCUT2D eigenvalue weighted by molar-refractivity contribution is 7.89. The number of sulfonamides is 1. The number of rotatable bonds is 7. The molecule has 27 heavy (non-hydrogen) atoms. The number of hydrogen-bond acceptors (Lipinski definition) is 5. The van der Waals surface area contributed by atoms with Gasteiger partial charge in [-0.25, -0.2) is 17.5 Å². The number of benzene rings is 1. The molecule has 0 unspecified atom stereocenters. The summed E-state index contributed by atoms with van der Waals surface area (Å²) in [5.74, 6) is -0.712. The van der Waals surface area contributed by atoms with Crippen molar-refractivity contribution in [3.63, 3.8) is 0 Å². The number of halogens is 1. The van der Waals surface area contributed by atoms with Gasteiger partial charge < -0.3 is 14.0 Å². The summed E-state index contributed by atoms with van der Waals surface area (Å²) < 4.78 is 54.1. The first-order chi connectivity index (χ1) is 12.9. The molecule has 1 aliphatic heterocycles. The molecule has 1 saturated heterocycles. The summed E-state index contributed by atoms with van der Waals surface area (Å²) in [6.45, 7) is 2.83. The van der Waals surface area contributed by atoms with Crippen LogP contribution < -0.4 is 9.46 Å². The Morgan fingerprint density at radius 2 is 2.04 bits per heavy atom. The van der Waals surface area contributed by atoms with E-state index in [2.05, 4.69) is 9.62 Å². The van der Waals surface area contributed by atoms with Gasteiger partial charge in [-0.1, -0.05) is 0 Å². The van der Waals surface area contributed by atoms with E-state index in [-0.39, 0.29) is 23.2 Å². The SMILES string of the molecule is COc1ccc(S(=O)(=O)NC[C@H](c2cccn2C)N2CCOCC2)cc1F. The molecule has 1 aliphatic rings. The lowest BCUT2D eigenvalue weighted by Gasteiger charge is -2.34. The molecule has 9 heteroatoms. The first kappa shape index (κ1) is 19.8. The molecular formula is C18H24FN3O4S. The van der Waals surface area contributed by atoms with Crippen LogP contribution in [0.1, 0.15) is 11.7 Å². The Balaban J connectivity index is 1.79. The van der Waals surface area contributed by atoms with Gasteiger partial charge in [0, 0.05) is 38.6 Å². The van der Waals surface area contributed by atoms with Gasteiger partial charge in [-0.2, -0.15) is 0 Å². The van der Waals surface area contributed by atoms with E-state index >= 15 is 0 Å². The van der Waals surface area contributed by atoms with Crippen molar-refractivity contribution in [3.8, 4) is 5.75 Å². The van der Waals surface area contributed by atoms with Gasteiger partial charge in [-0.15, -0.1) is 0 Å². The smallest absolute Gasteiger partial charge is 0.240 e. The van der Waals surface area contributed by atoms with Crippen LogP contribution in [-0.2, 0) is 21.8 Å². The Bertz CT molecular complexity index is 878. The lowest BCUT2D eigenvalue weighted by atomic mass is 10.1. The summed E-state index contributed by atoms with van der Waals surface area (Å²) in [5, 5.41) is 0. The van der Waals surface area contributed by atoms with Crippen molar-refractivity contribution in [2.75, 3.05) is 40.0 Å². The average molecular weight is 397 g/mol. The molecule has 2 aromatic rings. The van der Waals surface area contributed by atoms with Crippen LogP contribution >= 0.6 is 0 Å². The lowest BCUT2D eigenvalue weighted by molar-refractivity contribution is 0.0158. The predicted octanol–water partition coefficient (Wildman–Crippen LogP) is 1.52. The third kappa shape index (κ3) is 4.49. The van der Waals surface area contributed by atoms with Gasteiger partial charge in [0.1, 0.15) is 0 Å². The van der Waals surface area contributed by atoms with Crippen molar-refractivity contribution in [3.05, 3.63) is 48.0 Å². The van der Waals surface area contributed by atoms with Crippen molar-refractivity contribution in [1.29, 1.82) is 0 Å². The quantitative estimate of drug-likeness (QED) is 0.767.